The van der Waals surface area contributed by atoms with E-state index >= 15 is 0 Å². The van der Waals surface area contributed by atoms with Gasteiger partial charge in [-0.2, -0.15) is 0 Å². The Balaban J connectivity index is 1.58. The van der Waals surface area contributed by atoms with Crippen LogP contribution in [0.4, 0.5) is 5.82 Å². The van der Waals surface area contributed by atoms with Crippen LogP contribution in [-0.2, 0) is 13.0 Å². The lowest BCUT2D eigenvalue weighted by Gasteiger charge is -2.35. The van der Waals surface area contributed by atoms with Gasteiger partial charge in [0.05, 0.1) is 10.7 Å². The number of hydrogen-bond donors (Lipinski definition) is 0. The van der Waals surface area contributed by atoms with Crippen molar-refractivity contribution in [3.05, 3.63) is 33.7 Å². The van der Waals surface area contributed by atoms with Crippen molar-refractivity contribution in [1.82, 2.24) is 19.9 Å². The highest BCUT2D eigenvalue weighted by molar-refractivity contribution is 7.09. The highest BCUT2D eigenvalue weighted by atomic mass is 32.1. The lowest BCUT2D eigenvalue weighted by atomic mass is 10.2. The molecule has 0 atom stereocenters. The second-order valence-corrected chi connectivity index (χ2v) is 8.07. The van der Waals surface area contributed by atoms with Gasteiger partial charge in [-0.05, 0) is 19.8 Å². The van der Waals surface area contributed by atoms with Crippen LogP contribution in [0.5, 0.6) is 0 Å². The van der Waals surface area contributed by atoms with Crippen molar-refractivity contribution >= 4 is 17.2 Å². The molecule has 5 nitrogen and oxygen atoms in total. The summed E-state index contributed by atoms with van der Waals surface area (Å²) in [4.78, 5) is 19.0. The average molecular weight is 360 g/mol. The van der Waals surface area contributed by atoms with E-state index in [1.54, 1.807) is 11.3 Å². The number of piperazine rings is 1. The lowest BCUT2D eigenvalue weighted by Crippen LogP contribution is -2.46. The maximum absolute atomic E-state index is 4.78. The van der Waals surface area contributed by atoms with E-state index in [0.717, 1.165) is 56.5 Å². The molecule has 1 fully saturated rings. The Morgan fingerprint density at radius 3 is 2.56 bits per heavy atom. The Labute approximate surface area is 155 Å². The normalized spacial score (nSPS) is 16.0. The number of rotatable bonds is 6. The zero-order chi connectivity index (χ0) is 17.8. The molecule has 1 saturated heterocycles. The molecular weight excluding hydrogens is 330 g/mol. The van der Waals surface area contributed by atoms with Crippen molar-refractivity contribution < 1.29 is 0 Å². The van der Waals surface area contributed by atoms with Gasteiger partial charge in [-0.15, -0.1) is 11.3 Å². The molecule has 0 unspecified atom stereocenters. The van der Waals surface area contributed by atoms with E-state index in [0.29, 0.717) is 5.92 Å². The Bertz CT molecular complexity index is 689. The average Bonchev–Trinajstić information content (AvgIpc) is 3.02. The summed E-state index contributed by atoms with van der Waals surface area (Å²) in [5.74, 6) is 2.39. The lowest BCUT2D eigenvalue weighted by molar-refractivity contribution is 0.247. The predicted molar refractivity (Wildman–Crippen MR) is 104 cm³/mol. The summed E-state index contributed by atoms with van der Waals surface area (Å²) >= 11 is 1.80. The Morgan fingerprint density at radius 1 is 1.12 bits per heavy atom. The van der Waals surface area contributed by atoms with Crippen molar-refractivity contribution in [3.63, 3.8) is 0 Å². The van der Waals surface area contributed by atoms with Gasteiger partial charge in [0, 0.05) is 55.8 Å². The smallest absolute Gasteiger partial charge is 0.133 e. The van der Waals surface area contributed by atoms with Crippen LogP contribution in [0.15, 0.2) is 11.4 Å². The molecule has 0 N–H and O–H groups in total. The fraction of sp³-hybridized carbons (Fsp3) is 0.632. The van der Waals surface area contributed by atoms with E-state index in [4.69, 9.17) is 9.97 Å². The van der Waals surface area contributed by atoms with Crippen molar-refractivity contribution in [3.8, 4) is 0 Å². The minimum Gasteiger partial charge on any atom is -0.354 e. The van der Waals surface area contributed by atoms with Crippen LogP contribution < -0.4 is 4.90 Å². The summed E-state index contributed by atoms with van der Waals surface area (Å²) in [6, 6.07) is 2.11. The SMILES string of the molecule is CCCc1nc(CN2CCN(c3cc(C)nc(C(C)C)n3)CC2)cs1. The maximum Gasteiger partial charge on any atom is 0.133 e. The summed E-state index contributed by atoms with van der Waals surface area (Å²) in [6.45, 7) is 13.7. The van der Waals surface area contributed by atoms with E-state index in [2.05, 4.69) is 53.9 Å². The number of thiazole rings is 1. The molecule has 0 radical (unpaired) electrons. The largest absolute Gasteiger partial charge is 0.354 e. The van der Waals surface area contributed by atoms with Gasteiger partial charge >= 0.3 is 0 Å². The summed E-state index contributed by atoms with van der Waals surface area (Å²) in [5, 5.41) is 3.49. The van der Waals surface area contributed by atoms with Crippen LogP contribution in [-0.4, -0.2) is 46.0 Å². The van der Waals surface area contributed by atoms with Crippen LogP contribution in [0.1, 0.15) is 55.3 Å². The van der Waals surface area contributed by atoms with Crippen LogP contribution >= 0.6 is 11.3 Å². The van der Waals surface area contributed by atoms with E-state index in [-0.39, 0.29) is 0 Å². The maximum atomic E-state index is 4.78. The number of hydrogen-bond acceptors (Lipinski definition) is 6. The molecule has 3 rings (SSSR count). The molecule has 2 aromatic heterocycles. The van der Waals surface area contributed by atoms with E-state index in [1.165, 1.54) is 17.1 Å². The fourth-order valence-corrected chi connectivity index (χ4v) is 4.00. The van der Waals surface area contributed by atoms with Gasteiger partial charge in [0.2, 0.25) is 0 Å². The summed E-state index contributed by atoms with van der Waals surface area (Å²) in [7, 11) is 0. The molecule has 136 valence electrons. The van der Waals surface area contributed by atoms with Crippen molar-refractivity contribution in [2.45, 2.75) is 53.0 Å². The molecule has 3 heterocycles. The van der Waals surface area contributed by atoms with Crippen LogP contribution in [0.2, 0.25) is 0 Å². The van der Waals surface area contributed by atoms with E-state index in [9.17, 15) is 0 Å². The summed E-state index contributed by atoms with van der Waals surface area (Å²) < 4.78 is 0. The van der Waals surface area contributed by atoms with Gasteiger partial charge in [0.15, 0.2) is 0 Å². The van der Waals surface area contributed by atoms with Crippen LogP contribution in [0, 0.1) is 6.92 Å². The summed E-state index contributed by atoms with van der Waals surface area (Å²) in [5.41, 5.74) is 2.28. The first-order valence-electron chi connectivity index (χ1n) is 9.31. The summed E-state index contributed by atoms with van der Waals surface area (Å²) in [6.07, 6.45) is 2.27. The van der Waals surface area contributed by atoms with Gasteiger partial charge in [-0.1, -0.05) is 20.8 Å². The predicted octanol–water partition coefficient (Wildman–Crippen LogP) is 3.64. The number of nitrogens with zero attached hydrogens (tertiary/aromatic N) is 5. The molecule has 0 bridgehead atoms. The standard InChI is InChI=1S/C19H29N5S/c1-5-6-18-21-16(13-25-18)12-23-7-9-24(10-8-23)17-11-15(4)20-19(22-17)14(2)3/h11,13-14H,5-10,12H2,1-4H3. The van der Waals surface area contributed by atoms with Crippen molar-refractivity contribution in [1.29, 1.82) is 0 Å². The molecule has 0 aromatic carbocycles. The Kier molecular flexibility index (Phi) is 6.02. The van der Waals surface area contributed by atoms with Gasteiger partial charge in [-0.25, -0.2) is 15.0 Å². The first-order chi connectivity index (χ1) is 12.0. The van der Waals surface area contributed by atoms with Gasteiger partial charge in [0.1, 0.15) is 11.6 Å². The molecule has 1 aliphatic heterocycles. The fourth-order valence-electron chi connectivity index (χ4n) is 3.11. The number of anilines is 1. The first-order valence-corrected chi connectivity index (χ1v) is 10.2. The van der Waals surface area contributed by atoms with Gasteiger partial charge in [0.25, 0.3) is 0 Å². The minimum atomic E-state index is 0.363. The number of aromatic nitrogens is 3. The van der Waals surface area contributed by atoms with Gasteiger partial charge < -0.3 is 4.90 Å². The molecule has 0 amide bonds. The monoisotopic (exact) mass is 359 g/mol. The second-order valence-electron chi connectivity index (χ2n) is 7.13. The molecular formula is C19H29N5S. The van der Waals surface area contributed by atoms with Crippen molar-refractivity contribution in [2.75, 3.05) is 31.1 Å². The molecule has 1 aliphatic rings. The topological polar surface area (TPSA) is 45.2 Å². The Morgan fingerprint density at radius 2 is 1.88 bits per heavy atom. The molecule has 0 saturated carbocycles. The molecule has 0 spiro atoms. The zero-order valence-electron chi connectivity index (χ0n) is 15.8. The first kappa shape index (κ1) is 18.3. The molecule has 6 heteroatoms. The van der Waals surface area contributed by atoms with Crippen LogP contribution in [0.25, 0.3) is 0 Å². The Hall–Kier alpha value is -1.53. The van der Waals surface area contributed by atoms with Gasteiger partial charge in [-0.3, -0.25) is 4.90 Å². The second kappa shape index (κ2) is 8.23. The van der Waals surface area contributed by atoms with Crippen molar-refractivity contribution in [2.24, 2.45) is 0 Å². The third-order valence-corrected chi connectivity index (χ3v) is 5.48. The minimum absolute atomic E-state index is 0.363. The van der Waals surface area contributed by atoms with E-state index in [1.807, 2.05) is 0 Å². The third kappa shape index (κ3) is 4.76. The van der Waals surface area contributed by atoms with E-state index < -0.39 is 0 Å². The third-order valence-electron chi connectivity index (χ3n) is 4.52. The highest BCUT2D eigenvalue weighted by Crippen LogP contribution is 2.20. The quantitative estimate of drug-likeness (QED) is 0.788. The molecule has 0 aliphatic carbocycles. The highest BCUT2D eigenvalue weighted by Gasteiger charge is 2.20. The zero-order valence-corrected chi connectivity index (χ0v) is 16.6. The molecule has 25 heavy (non-hydrogen) atoms. The molecule has 2 aromatic rings. The number of aryl methyl sites for hydroxylation is 2. The van der Waals surface area contributed by atoms with Crippen LogP contribution in [0.3, 0.4) is 0 Å².